The van der Waals surface area contributed by atoms with Gasteiger partial charge < -0.3 is 5.32 Å². The minimum absolute atomic E-state index is 0.0705. The van der Waals surface area contributed by atoms with E-state index in [0.29, 0.717) is 5.56 Å². The van der Waals surface area contributed by atoms with Crippen LogP contribution >= 0.6 is 0 Å². The van der Waals surface area contributed by atoms with Crippen LogP contribution in [0.25, 0.3) is 5.69 Å². The fourth-order valence-corrected chi connectivity index (χ4v) is 2.45. The van der Waals surface area contributed by atoms with Crippen LogP contribution in [0.15, 0.2) is 60.9 Å². The van der Waals surface area contributed by atoms with E-state index in [1.54, 1.807) is 16.8 Å². The minimum Gasteiger partial charge on any atom is -0.350 e. The number of carbonyl (C=O) groups excluding carboxylic acids is 1. The van der Waals surface area contributed by atoms with Gasteiger partial charge in [0.25, 0.3) is 5.91 Å². The zero-order chi connectivity index (χ0) is 16.8. The van der Waals surface area contributed by atoms with Gasteiger partial charge >= 0.3 is 0 Å². The van der Waals surface area contributed by atoms with E-state index in [9.17, 15) is 4.79 Å². The third kappa shape index (κ3) is 4.04. The van der Waals surface area contributed by atoms with E-state index < -0.39 is 0 Å². The summed E-state index contributed by atoms with van der Waals surface area (Å²) < 4.78 is 1.55. The normalized spacial score (nSPS) is 11.9. The molecule has 2 aromatic carbocycles. The average Bonchev–Trinajstić information content (AvgIpc) is 3.16. The molecule has 0 spiro atoms. The number of benzene rings is 2. The van der Waals surface area contributed by atoms with Gasteiger partial charge in [-0.3, -0.25) is 4.79 Å². The molecule has 0 aliphatic rings. The lowest BCUT2D eigenvalue weighted by Crippen LogP contribution is -2.32. The molecule has 1 heterocycles. The lowest BCUT2D eigenvalue weighted by atomic mass is 10.1. The first kappa shape index (κ1) is 15.9. The first-order valence-corrected chi connectivity index (χ1v) is 7.90. The standard InChI is InChI=1S/C18H19N5O/c1-14(7-8-15-5-3-2-4-6-15)20-18(24)16-9-11-17(12-10-16)23-13-19-21-22-23/h2-6,9-14H,7-8H2,1H3,(H,20,24)/t14-/m0/s1. The predicted molar refractivity (Wildman–Crippen MR) is 90.8 cm³/mol. The Morgan fingerprint density at radius 1 is 1.12 bits per heavy atom. The Labute approximate surface area is 140 Å². The van der Waals surface area contributed by atoms with E-state index in [4.69, 9.17) is 0 Å². The molecule has 3 rings (SSSR count). The molecule has 1 atom stereocenters. The average molecular weight is 321 g/mol. The maximum Gasteiger partial charge on any atom is 0.251 e. The first-order chi connectivity index (χ1) is 11.7. The molecule has 0 aliphatic heterocycles. The second-order valence-electron chi connectivity index (χ2n) is 5.70. The summed E-state index contributed by atoms with van der Waals surface area (Å²) in [4.78, 5) is 12.3. The van der Waals surface area contributed by atoms with Gasteiger partial charge in [0, 0.05) is 11.6 Å². The van der Waals surface area contributed by atoms with Crippen LogP contribution in [0.3, 0.4) is 0 Å². The highest BCUT2D eigenvalue weighted by Gasteiger charge is 2.10. The van der Waals surface area contributed by atoms with E-state index in [2.05, 4.69) is 33.0 Å². The van der Waals surface area contributed by atoms with Gasteiger partial charge in [0.15, 0.2) is 0 Å². The molecule has 0 fully saturated rings. The Kier molecular flexibility index (Phi) is 4.96. The van der Waals surface area contributed by atoms with Crippen molar-refractivity contribution in [1.29, 1.82) is 0 Å². The molecule has 6 nitrogen and oxygen atoms in total. The highest BCUT2D eigenvalue weighted by molar-refractivity contribution is 5.94. The van der Waals surface area contributed by atoms with Crippen LogP contribution in [-0.4, -0.2) is 32.2 Å². The molecule has 0 saturated carbocycles. The zero-order valence-electron chi connectivity index (χ0n) is 13.5. The number of aromatic nitrogens is 4. The maximum absolute atomic E-state index is 12.3. The summed E-state index contributed by atoms with van der Waals surface area (Å²) in [6, 6.07) is 17.6. The van der Waals surface area contributed by atoms with Gasteiger partial charge in [-0.2, -0.15) is 0 Å². The van der Waals surface area contributed by atoms with Crippen molar-refractivity contribution in [3.05, 3.63) is 72.1 Å². The molecule has 6 heteroatoms. The Bertz CT molecular complexity index is 769. The number of nitrogens with one attached hydrogen (secondary N) is 1. The fourth-order valence-electron chi connectivity index (χ4n) is 2.45. The van der Waals surface area contributed by atoms with E-state index >= 15 is 0 Å². The third-order valence-corrected chi connectivity index (χ3v) is 3.83. The molecular weight excluding hydrogens is 302 g/mol. The SMILES string of the molecule is C[C@@H](CCc1ccccc1)NC(=O)c1ccc(-n2cnnn2)cc1. The molecule has 0 saturated heterocycles. The zero-order valence-corrected chi connectivity index (χ0v) is 13.5. The van der Waals surface area contributed by atoms with Crippen molar-refractivity contribution in [3.8, 4) is 5.69 Å². The van der Waals surface area contributed by atoms with Crippen LogP contribution < -0.4 is 5.32 Å². The number of hydrogen-bond donors (Lipinski definition) is 1. The Morgan fingerprint density at radius 2 is 1.88 bits per heavy atom. The van der Waals surface area contributed by atoms with Gasteiger partial charge in [-0.25, -0.2) is 4.68 Å². The summed E-state index contributed by atoms with van der Waals surface area (Å²) in [5.74, 6) is -0.0705. The van der Waals surface area contributed by atoms with Gasteiger partial charge in [-0.15, -0.1) is 5.10 Å². The van der Waals surface area contributed by atoms with Gasteiger partial charge in [0.05, 0.1) is 5.69 Å². The number of tetrazole rings is 1. The van der Waals surface area contributed by atoms with Gasteiger partial charge in [-0.1, -0.05) is 30.3 Å². The molecule has 24 heavy (non-hydrogen) atoms. The van der Waals surface area contributed by atoms with Crippen LogP contribution in [0.2, 0.25) is 0 Å². The van der Waals surface area contributed by atoms with Crippen molar-refractivity contribution in [2.75, 3.05) is 0 Å². The number of amides is 1. The summed E-state index contributed by atoms with van der Waals surface area (Å²) in [7, 11) is 0. The van der Waals surface area contributed by atoms with Gasteiger partial charge in [0.1, 0.15) is 6.33 Å². The lowest BCUT2D eigenvalue weighted by Gasteiger charge is -2.14. The molecule has 0 unspecified atom stereocenters. The number of carbonyl (C=O) groups is 1. The van der Waals surface area contributed by atoms with E-state index in [1.165, 1.54) is 11.9 Å². The highest BCUT2D eigenvalue weighted by Crippen LogP contribution is 2.09. The van der Waals surface area contributed by atoms with Crippen molar-refractivity contribution in [2.24, 2.45) is 0 Å². The summed E-state index contributed by atoms with van der Waals surface area (Å²) >= 11 is 0. The van der Waals surface area contributed by atoms with Gasteiger partial charge in [0.2, 0.25) is 0 Å². The van der Waals surface area contributed by atoms with Crippen molar-refractivity contribution >= 4 is 5.91 Å². The smallest absolute Gasteiger partial charge is 0.251 e. The summed E-state index contributed by atoms with van der Waals surface area (Å²) in [5.41, 5.74) is 2.72. The Morgan fingerprint density at radius 3 is 2.54 bits per heavy atom. The van der Waals surface area contributed by atoms with E-state index in [-0.39, 0.29) is 11.9 Å². The van der Waals surface area contributed by atoms with E-state index in [1.807, 2.05) is 37.3 Å². The second kappa shape index (κ2) is 7.50. The number of nitrogens with zero attached hydrogens (tertiary/aromatic N) is 4. The molecule has 122 valence electrons. The van der Waals surface area contributed by atoms with Crippen molar-refractivity contribution in [2.45, 2.75) is 25.8 Å². The molecular formula is C18H19N5O. The fraction of sp³-hybridized carbons (Fsp3) is 0.222. The van der Waals surface area contributed by atoms with Crippen molar-refractivity contribution in [1.82, 2.24) is 25.5 Å². The minimum atomic E-state index is -0.0705. The molecule has 1 N–H and O–H groups in total. The molecule has 0 bridgehead atoms. The Balaban J connectivity index is 1.54. The molecule has 1 amide bonds. The quantitative estimate of drug-likeness (QED) is 0.757. The Hall–Kier alpha value is -3.02. The van der Waals surface area contributed by atoms with Crippen LogP contribution in [0.4, 0.5) is 0 Å². The predicted octanol–water partition coefficient (Wildman–Crippen LogP) is 2.41. The third-order valence-electron chi connectivity index (χ3n) is 3.83. The largest absolute Gasteiger partial charge is 0.350 e. The number of rotatable bonds is 6. The molecule has 1 aromatic heterocycles. The first-order valence-electron chi connectivity index (χ1n) is 7.90. The van der Waals surface area contributed by atoms with E-state index in [0.717, 1.165) is 18.5 Å². The molecule has 3 aromatic rings. The van der Waals surface area contributed by atoms with Crippen LogP contribution in [-0.2, 0) is 6.42 Å². The van der Waals surface area contributed by atoms with Crippen LogP contribution in [0.5, 0.6) is 0 Å². The van der Waals surface area contributed by atoms with Crippen molar-refractivity contribution in [3.63, 3.8) is 0 Å². The van der Waals surface area contributed by atoms with Crippen molar-refractivity contribution < 1.29 is 4.79 Å². The van der Waals surface area contributed by atoms with Crippen LogP contribution in [0, 0.1) is 0 Å². The second-order valence-corrected chi connectivity index (χ2v) is 5.70. The maximum atomic E-state index is 12.3. The summed E-state index contributed by atoms with van der Waals surface area (Å²) in [6.45, 7) is 2.02. The monoisotopic (exact) mass is 321 g/mol. The molecule has 0 aliphatic carbocycles. The topological polar surface area (TPSA) is 72.7 Å². The van der Waals surface area contributed by atoms with Crippen LogP contribution in [0.1, 0.15) is 29.3 Å². The van der Waals surface area contributed by atoms with Gasteiger partial charge in [-0.05, 0) is 60.0 Å². The summed E-state index contributed by atoms with van der Waals surface area (Å²) in [6.07, 6.45) is 3.36. The number of aryl methyl sites for hydroxylation is 1. The summed E-state index contributed by atoms with van der Waals surface area (Å²) in [5, 5.41) is 14.0. The number of hydrogen-bond acceptors (Lipinski definition) is 4. The lowest BCUT2D eigenvalue weighted by molar-refractivity contribution is 0.0938. The molecule has 0 radical (unpaired) electrons. The highest BCUT2D eigenvalue weighted by atomic mass is 16.1.